The van der Waals surface area contributed by atoms with Crippen LogP contribution >= 0.6 is 0 Å². The summed E-state index contributed by atoms with van der Waals surface area (Å²) in [6.45, 7) is 3.84. The fourth-order valence-electron chi connectivity index (χ4n) is 1.54. The summed E-state index contributed by atoms with van der Waals surface area (Å²) in [7, 11) is 0. The average molecular weight is 226 g/mol. The number of unbranched alkanes of at least 4 members (excludes halogenated alkanes) is 1. The van der Waals surface area contributed by atoms with Crippen LogP contribution in [0.15, 0.2) is 23.8 Å². The summed E-state index contributed by atoms with van der Waals surface area (Å²) >= 11 is 0. The van der Waals surface area contributed by atoms with Crippen molar-refractivity contribution in [3.8, 4) is 0 Å². The molecule has 0 atom stereocenters. The van der Waals surface area contributed by atoms with Crippen molar-refractivity contribution in [2.45, 2.75) is 38.9 Å². The van der Waals surface area contributed by atoms with Crippen LogP contribution in [0.3, 0.4) is 0 Å². The number of hydrogen-bond acceptors (Lipinski definition) is 3. The van der Waals surface area contributed by atoms with Gasteiger partial charge in [0.2, 0.25) is 0 Å². The topological polar surface area (TPSA) is 38.7 Å². The molecule has 0 unspecified atom stereocenters. The van der Waals surface area contributed by atoms with Crippen molar-refractivity contribution in [1.82, 2.24) is 0 Å². The third-order valence-corrected chi connectivity index (χ3v) is 2.51. The van der Waals surface area contributed by atoms with Crippen LogP contribution in [-0.2, 0) is 9.47 Å². The van der Waals surface area contributed by atoms with E-state index in [1.807, 2.05) is 0 Å². The lowest BCUT2D eigenvalue weighted by Gasteiger charge is -2.07. The van der Waals surface area contributed by atoms with Crippen molar-refractivity contribution in [2.24, 2.45) is 0 Å². The van der Waals surface area contributed by atoms with Crippen molar-refractivity contribution < 1.29 is 14.6 Å². The molecule has 0 saturated carbocycles. The van der Waals surface area contributed by atoms with Gasteiger partial charge in [0.1, 0.15) is 0 Å². The monoisotopic (exact) mass is 226 g/mol. The predicted molar refractivity (Wildman–Crippen MR) is 64.1 cm³/mol. The lowest BCUT2D eigenvalue weighted by atomic mass is 10.1. The molecule has 1 rings (SSSR count). The van der Waals surface area contributed by atoms with E-state index in [1.165, 1.54) is 5.57 Å². The Morgan fingerprint density at radius 3 is 2.81 bits per heavy atom. The molecule has 1 aliphatic rings. The van der Waals surface area contributed by atoms with Gasteiger partial charge in [-0.1, -0.05) is 23.8 Å². The van der Waals surface area contributed by atoms with Crippen LogP contribution in [0, 0.1) is 0 Å². The third kappa shape index (κ3) is 6.05. The van der Waals surface area contributed by atoms with E-state index in [-0.39, 0.29) is 12.9 Å². The maximum Gasteiger partial charge on any atom is 0.158 e. The van der Waals surface area contributed by atoms with Gasteiger partial charge in [0.25, 0.3) is 0 Å². The molecule has 3 heteroatoms. The van der Waals surface area contributed by atoms with Crippen molar-refractivity contribution >= 4 is 0 Å². The molecule has 92 valence electrons. The minimum atomic E-state index is 0.00159. The first-order valence-electron chi connectivity index (χ1n) is 5.99. The summed E-state index contributed by atoms with van der Waals surface area (Å²) in [5.74, 6) is 0. The largest absolute Gasteiger partial charge is 0.396 e. The average Bonchev–Trinajstić information content (AvgIpc) is 2.79. The Labute approximate surface area is 97.8 Å². The van der Waals surface area contributed by atoms with Crippen LogP contribution in [0.5, 0.6) is 0 Å². The number of aliphatic hydroxyl groups excluding tert-OH is 1. The molecular weight excluding hydrogens is 204 g/mol. The molecule has 0 aromatic rings. The molecule has 0 radical (unpaired) electrons. The highest BCUT2D eigenvalue weighted by Crippen LogP contribution is 2.14. The van der Waals surface area contributed by atoms with Gasteiger partial charge in [-0.25, -0.2) is 0 Å². The van der Waals surface area contributed by atoms with Gasteiger partial charge in [-0.2, -0.15) is 0 Å². The molecule has 1 heterocycles. The molecular formula is C13H22O3. The number of allylic oxidation sites excluding steroid dienone is 4. The van der Waals surface area contributed by atoms with Gasteiger partial charge in [0.05, 0.1) is 13.2 Å². The summed E-state index contributed by atoms with van der Waals surface area (Å²) < 4.78 is 10.7. The van der Waals surface area contributed by atoms with Gasteiger partial charge in [-0.15, -0.1) is 0 Å². The molecule has 0 aromatic heterocycles. The van der Waals surface area contributed by atoms with Crippen LogP contribution in [0.4, 0.5) is 0 Å². The Morgan fingerprint density at radius 2 is 2.12 bits per heavy atom. The number of rotatable bonds is 7. The Balaban J connectivity index is 2.10. The minimum absolute atomic E-state index is 0.00159. The predicted octanol–water partition coefficient (Wildman–Crippen LogP) is 2.41. The summed E-state index contributed by atoms with van der Waals surface area (Å²) in [4.78, 5) is 0. The maximum absolute atomic E-state index is 8.60. The zero-order valence-electron chi connectivity index (χ0n) is 10.0. The third-order valence-electron chi connectivity index (χ3n) is 2.51. The lowest BCUT2D eigenvalue weighted by molar-refractivity contribution is -0.0461. The normalized spacial score (nSPS) is 18.8. The van der Waals surface area contributed by atoms with Crippen molar-refractivity contribution in [1.29, 1.82) is 0 Å². The quantitative estimate of drug-likeness (QED) is 0.535. The summed E-state index contributed by atoms with van der Waals surface area (Å²) in [5, 5.41) is 8.60. The Bertz CT molecular complexity index is 227. The lowest BCUT2D eigenvalue weighted by Crippen LogP contribution is -2.06. The van der Waals surface area contributed by atoms with Crippen LogP contribution in [-0.4, -0.2) is 31.2 Å². The minimum Gasteiger partial charge on any atom is -0.396 e. The van der Waals surface area contributed by atoms with E-state index in [1.54, 1.807) is 0 Å². The SMILES string of the molecule is CC(=CC=CCCCO)CCC1OCCO1. The molecule has 1 saturated heterocycles. The first-order valence-corrected chi connectivity index (χ1v) is 5.99. The van der Waals surface area contributed by atoms with Crippen molar-refractivity contribution in [2.75, 3.05) is 19.8 Å². The summed E-state index contributed by atoms with van der Waals surface area (Å²) in [6.07, 6.45) is 9.99. The highest BCUT2D eigenvalue weighted by atomic mass is 16.7. The standard InChI is InChI=1S/C13H22O3/c1-12(6-4-2-3-5-9-14)7-8-13-15-10-11-16-13/h2,4,6,13-14H,3,5,7-11H2,1H3. The molecule has 0 bridgehead atoms. The molecule has 3 nitrogen and oxygen atoms in total. The van der Waals surface area contributed by atoms with Crippen LogP contribution in [0.1, 0.15) is 32.6 Å². The molecule has 0 aromatic carbocycles. The second kappa shape index (κ2) is 8.50. The van der Waals surface area contributed by atoms with Crippen LogP contribution in [0.2, 0.25) is 0 Å². The molecule has 0 spiro atoms. The second-order valence-corrected chi connectivity index (χ2v) is 4.02. The molecule has 0 aliphatic carbocycles. The van der Waals surface area contributed by atoms with E-state index >= 15 is 0 Å². The van der Waals surface area contributed by atoms with Crippen LogP contribution in [0.25, 0.3) is 0 Å². The van der Waals surface area contributed by atoms with Gasteiger partial charge >= 0.3 is 0 Å². The molecule has 16 heavy (non-hydrogen) atoms. The Kier molecular flexibility index (Phi) is 7.14. The summed E-state index contributed by atoms with van der Waals surface area (Å²) in [5.41, 5.74) is 1.33. The highest BCUT2D eigenvalue weighted by Gasteiger charge is 2.14. The van der Waals surface area contributed by atoms with E-state index in [0.717, 1.165) is 38.9 Å². The van der Waals surface area contributed by atoms with E-state index in [2.05, 4.69) is 25.2 Å². The molecule has 1 aliphatic heterocycles. The van der Waals surface area contributed by atoms with Gasteiger partial charge in [0.15, 0.2) is 6.29 Å². The maximum atomic E-state index is 8.60. The first-order chi connectivity index (χ1) is 7.83. The number of ether oxygens (including phenoxy) is 2. The van der Waals surface area contributed by atoms with E-state index in [4.69, 9.17) is 14.6 Å². The smallest absolute Gasteiger partial charge is 0.158 e. The summed E-state index contributed by atoms with van der Waals surface area (Å²) in [6, 6.07) is 0. The Morgan fingerprint density at radius 1 is 1.38 bits per heavy atom. The van der Waals surface area contributed by atoms with Crippen LogP contribution < -0.4 is 0 Å². The molecule has 1 N–H and O–H groups in total. The van der Waals surface area contributed by atoms with E-state index in [0.29, 0.717) is 0 Å². The van der Waals surface area contributed by atoms with Gasteiger partial charge < -0.3 is 14.6 Å². The second-order valence-electron chi connectivity index (χ2n) is 4.02. The first kappa shape index (κ1) is 13.4. The number of aliphatic hydroxyl groups is 1. The van der Waals surface area contributed by atoms with Crippen molar-refractivity contribution in [3.05, 3.63) is 23.8 Å². The zero-order chi connectivity index (χ0) is 11.6. The Hall–Kier alpha value is -0.640. The fourth-order valence-corrected chi connectivity index (χ4v) is 1.54. The number of hydrogen-bond donors (Lipinski definition) is 1. The van der Waals surface area contributed by atoms with E-state index in [9.17, 15) is 0 Å². The molecule has 0 amide bonds. The fraction of sp³-hybridized carbons (Fsp3) is 0.692. The van der Waals surface area contributed by atoms with Gasteiger partial charge in [-0.3, -0.25) is 0 Å². The van der Waals surface area contributed by atoms with Crippen molar-refractivity contribution in [3.63, 3.8) is 0 Å². The van der Waals surface area contributed by atoms with E-state index < -0.39 is 0 Å². The van der Waals surface area contributed by atoms with Gasteiger partial charge in [0, 0.05) is 13.0 Å². The zero-order valence-corrected chi connectivity index (χ0v) is 10.0. The molecule has 1 fully saturated rings. The van der Waals surface area contributed by atoms with Gasteiger partial charge in [-0.05, 0) is 26.2 Å². The highest BCUT2D eigenvalue weighted by molar-refractivity contribution is 5.10.